The number of ether oxygens (including phenoxy) is 1. The molecule has 0 bridgehead atoms. The molecule has 3 atom stereocenters. The number of hydrogen-bond acceptors (Lipinski definition) is 8. The largest absolute Gasteiger partial charge is 0.492 e. The molecule has 1 saturated heterocycles. The average Bonchev–Trinajstić information content (AvgIpc) is 3.53. The molecule has 1 fully saturated rings. The van der Waals surface area contributed by atoms with Gasteiger partial charge in [0.25, 0.3) is 5.91 Å². The zero-order chi connectivity index (χ0) is 28.8. The third kappa shape index (κ3) is 6.54. The summed E-state index contributed by atoms with van der Waals surface area (Å²) in [6.45, 7) is 4.80. The quantitative estimate of drug-likeness (QED) is 0.252. The molecule has 10 nitrogen and oxygen atoms in total. The summed E-state index contributed by atoms with van der Waals surface area (Å²) >= 11 is 1.11. The summed E-state index contributed by atoms with van der Waals surface area (Å²) in [6.07, 6.45) is 0.289. The van der Waals surface area contributed by atoms with Gasteiger partial charge in [0.05, 0.1) is 0 Å². The van der Waals surface area contributed by atoms with Crippen LogP contribution in [0.25, 0.3) is 0 Å². The fraction of sp³-hybridized carbons (Fsp3) is 0.345. The first-order valence-corrected chi connectivity index (χ1v) is 13.9. The summed E-state index contributed by atoms with van der Waals surface area (Å²) in [5, 5.41) is 7.25. The molecule has 2 aromatic carbocycles. The Labute approximate surface area is 237 Å². The normalized spacial score (nSPS) is 16.5. The van der Waals surface area contributed by atoms with Crippen LogP contribution in [-0.4, -0.2) is 71.7 Å². The van der Waals surface area contributed by atoms with E-state index in [1.165, 1.54) is 0 Å². The number of nitrogens with zero attached hydrogens (tertiary/aromatic N) is 3. The van der Waals surface area contributed by atoms with Gasteiger partial charge in [0.2, 0.25) is 5.91 Å². The maximum absolute atomic E-state index is 13.7. The number of ketones is 1. The minimum absolute atomic E-state index is 0.142. The van der Waals surface area contributed by atoms with E-state index in [1.54, 1.807) is 43.5 Å². The highest BCUT2D eigenvalue weighted by Crippen LogP contribution is 2.32. The highest BCUT2D eigenvalue weighted by molar-refractivity contribution is 7.14. The van der Waals surface area contributed by atoms with E-state index in [2.05, 4.69) is 15.6 Å². The number of likely N-dealkylation sites (N-methyl/N-ethyl adjacent to an activating group) is 1. The molecule has 3 unspecified atom stereocenters. The summed E-state index contributed by atoms with van der Waals surface area (Å²) in [4.78, 5) is 59.8. The Hall–Kier alpha value is -4.09. The van der Waals surface area contributed by atoms with Gasteiger partial charge in [0.15, 0.2) is 10.9 Å². The number of benzene rings is 2. The number of nitrogens with one attached hydrogen (secondary N) is 2. The minimum atomic E-state index is -1.16. The van der Waals surface area contributed by atoms with Crippen molar-refractivity contribution in [2.75, 3.05) is 32.6 Å². The van der Waals surface area contributed by atoms with Crippen LogP contribution in [0.5, 0.6) is 5.75 Å². The number of urea groups is 1. The second kappa shape index (κ2) is 12.8. The molecule has 4 amide bonds. The van der Waals surface area contributed by atoms with Crippen molar-refractivity contribution in [1.82, 2.24) is 20.1 Å². The molecule has 210 valence electrons. The van der Waals surface area contributed by atoms with E-state index in [-0.39, 0.29) is 23.0 Å². The average molecular weight is 564 g/mol. The first-order valence-electron chi connectivity index (χ1n) is 13.0. The van der Waals surface area contributed by atoms with Gasteiger partial charge in [-0.15, -0.1) is 11.3 Å². The Kier molecular flexibility index (Phi) is 9.28. The standard InChI is InChI=1S/C29H33N5O5S/c1-5-23(35)22-17-40-28(30-22)32-26(36)25(18(2)19-9-7-6-8-10-19)34-27(37)24(31-29(34)38)20-11-13-21(14-12-20)39-16-15-33(3)4/h6-14,17-18,24-25H,5,15-16H2,1-4H3,(H,31,38)(H,30,32,36). The number of rotatable bonds is 12. The van der Waals surface area contributed by atoms with Gasteiger partial charge < -0.3 is 20.3 Å². The summed E-state index contributed by atoms with van der Waals surface area (Å²) in [7, 11) is 3.92. The van der Waals surface area contributed by atoms with Gasteiger partial charge >= 0.3 is 6.03 Å². The van der Waals surface area contributed by atoms with E-state index in [0.717, 1.165) is 28.3 Å². The minimum Gasteiger partial charge on any atom is -0.492 e. The summed E-state index contributed by atoms with van der Waals surface area (Å²) in [6, 6.07) is 13.4. The molecule has 4 rings (SSSR count). The molecule has 1 aliphatic rings. The number of thiazole rings is 1. The molecule has 1 aliphatic heterocycles. The Bertz CT molecular complexity index is 1360. The molecule has 2 N–H and O–H groups in total. The van der Waals surface area contributed by atoms with Gasteiger partial charge in [-0.25, -0.2) is 14.7 Å². The van der Waals surface area contributed by atoms with Gasteiger partial charge in [0, 0.05) is 24.3 Å². The molecule has 0 aliphatic carbocycles. The Morgan fingerprint density at radius 1 is 1.12 bits per heavy atom. The molecule has 11 heteroatoms. The van der Waals surface area contributed by atoms with Gasteiger partial charge in [-0.1, -0.05) is 56.3 Å². The van der Waals surface area contributed by atoms with Crippen LogP contribution in [0.15, 0.2) is 60.0 Å². The fourth-order valence-electron chi connectivity index (χ4n) is 4.41. The van der Waals surface area contributed by atoms with Crippen molar-refractivity contribution in [3.05, 3.63) is 76.8 Å². The van der Waals surface area contributed by atoms with Crippen LogP contribution in [0.4, 0.5) is 9.93 Å². The molecule has 0 radical (unpaired) electrons. The lowest BCUT2D eigenvalue weighted by Crippen LogP contribution is -2.50. The van der Waals surface area contributed by atoms with Crippen molar-refractivity contribution in [1.29, 1.82) is 0 Å². The molecule has 0 saturated carbocycles. The first kappa shape index (κ1) is 28.9. The van der Waals surface area contributed by atoms with Crippen molar-refractivity contribution < 1.29 is 23.9 Å². The van der Waals surface area contributed by atoms with Crippen molar-refractivity contribution in [3.63, 3.8) is 0 Å². The third-order valence-corrected chi connectivity index (χ3v) is 7.44. The maximum atomic E-state index is 13.7. The predicted octanol–water partition coefficient (Wildman–Crippen LogP) is 4.08. The topological polar surface area (TPSA) is 121 Å². The van der Waals surface area contributed by atoms with Crippen LogP contribution in [0.2, 0.25) is 0 Å². The van der Waals surface area contributed by atoms with E-state index in [9.17, 15) is 19.2 Å². The van der Waals surface area contributed by atoms with Crippen molar-refractivity contribution >= 4 is 40.1 Å². The zero-order valence-corrected chi connectivity index (χ0v) is 23.7. The monoisotopic (exact) mass is 563 g/mol. The molecule has 2 heterocycles. The molecule has 40 heavy (non-hydrogen) atoms. The second-order valence-electron chi connectivity index (χ2n) is 9.76. The van der Waals surface area contributed by atoms with Gasteiger partial charge in [-0.3, -0.25) is 14.4 Å². The molecular formula is C29H33N5O5S. The number of hydrogen-bond donors (Lipinski definition) is 2. The Morgan fingerprint density at radius 2 is 1.82 bits per heavy atom. The molecular weight excluding hydrogens is 530 g/mol. The number of carbonyl (C=O) groups is 4. The van der Waals surface area contributed by atoms with E-state index in [4.69, 9.17) is 4.74 Å². The number of amides is 4. The molecule has 1 aromatic heterocycles. The first-order chi connectivity index (χ1) is 19.2. The number of carbonyl (C=O) groups excluding carboxylic acids is 4. The van der Waals surface area contributed by atoms with Crippen LogP contribution in [0.3, 0.4) is 0 Å². The smallest absolute Gasteiger partial charge is 0.325 e. The van der Waals surface area contributed by atoms with Crippen molar-refractivity contribution in [3.8, 4) is 5.75 Å². The molecule has 3 aromatic rings. The van der Waals surface area contributed by atoms with Crippen LogP contribution >= 0.6 is 11.3 Å². The SMILES string of the molecule is CCC(=O)c1csc(NC(=O)C(C(C)c2ccccc2)N2C(=O)NC(c3ccc(OCCN(C)C)cc3)C2=O)n1. The summed E-state index contributed by atoms with van der Waals surface area (Å²) in [5.74, 6) is -1.13. The van der Waals surface area contributed by atoms with Crippen LogP contribution in [0.1, 0.15) is 53.8 Å². The lowest BCUT2D eigenvalue weighted by molar-refractivity contribution is -0.134. The Balaban J connectivity index is 1.57. The van der Waals surface area contributed by atoms with Crippen LogP contribution in [-0.2, 0) is 9.59 Å². The van der Waals surface area contributed by atoms with Gasteiger partial charge in [-0.2, -0.15) is 0 Å². The second-order valence-corrected chi connectivity index (χ2v) is 10.6. The van der Waals surface area contributed by atoms with Crippen molar-refractivity contribution in [2.45, 2.75) is 38.3 Å². The number of anilines is 1. The van der Waals surface area contributed by atoms with Crippen molar-refractivity contribution in [2.24, 2.45) is 0 Å². The number of imide groups is 1. The molecule has 0 spiro atoms. The third-order valence-electron chi connectivity index (χ3n) is 6.68. The zero-order valence-electron chi connectivity index (χ0n) is 22.9. The highest BCUT2D eigenvalue weighted by atomic mass is 32.1. The Morgan fingerprint density at radius 3 is 2.48 bits per heavy atom. The summed E-state index contributed by atoms with van der Waals surface area (Å²) < 4.78 is 5.73. The predicted molar refractivity (Wildman–Crippen MR) is 153 cm³/mol. The van der Waals surface area contributed by atoms with Gasteiger partial charge in [-0.05, 0) is 37.4 Å². The van der Waals surface area contributed by atoms with E-state index >= 15 is 0 Å². The van der Waals surface area contributed by atoms with E-state index < -0.39 is 35.8 Å². The van der Waals surface area contributed by atoms with Crippen LogP contribution in [0, 0.1) is 0 Å². The van der Waals surface area contributed by atoms with E-state index in [0.29, 0.717) is 17.9 Å². The lowest BCUT2D eigenvalue weighted by Gasteiger charge is -2.29. The maximum Gasteiger partial charge on any atom is 0.325 e. The van der Waals surface area contributed by atoms with Crippen LogP contribution < -0.4 is 15.4 Å². The highest BCUT2D eigenvalue weighted by Gasteiger charge is 2.47. The van der Waals surface area contributed by atoms with E-state index in [1.807, 2.05) is 49.3 Å². The number of aromatic nitrogens is 1. The fourth-order valence-corrected chi connectivity index (χ4v) is 5.13. The summed E-state index contributed by atoms with van der Waals surface area (Å²) in [5.41, 5.74) is 1.63. The van der Waals surface area contributed by atoms with Gasteiger partial charge in [0.1, 0.15) is 30.1 Å². The lowest BCUT2D eigenvalue weighted by atomic mass is 9.91. The number of Topliss-reactive ketones (excluding diaryl/α,β-unsaturated/α-hetero) is 1.